The summed E-state index contributed by atoms with van der Waals surface area (Å²) >= 11 is 0. The lowest BCUT2D eigenvalue weighted by molar-refractivity contribution is -0.125. The molecule has 1 unspecified atom stereocenters. The van der Waals surface area contributed by atoms with Crippen molar-refractivity contribution in [1.82, 2.24) is 5.32 Å². The quantitative estimate of drug-likeness (QED) is 0.127. The third-order valence-electron chi connectivity index (χ3n) is 2.17. The van der Waals surface area contributed by atoms with Crippen molar-refractivity contribution in [2.24, 2.45) is 5.11 Å². The number of Topliss-reactive ketones (excluding diaryl/α,β-unsaturated/α-hetero) is 1. The van der Waals surface area contributed by atoms with Crippen molar-refractivity contribution >= 4 is 11.7 Å². The second kappa shape index (κ2) is 9.29. The number of carbonyl (C=O) groups is 2. The van der Waals surface area contributed by atoms with E-state index in [-0.39, 0.29) is 24.9 Å². The summed E-state index contributed by atoms with van der Waals surface area (Å²) in [6.07, 6.45) is 0. The molecule has 0 aliphatic carbocycles. The number of hydrogen-bond acceptors (Lipinski definition) is 6. The highest BCUT2D eigenvalue weighted by Crippen LogP contribution is 2.01. The first-order valence-corrected chi connectivity index (χ1v) is 5.83. The van der Waals surface area contributed by atoms with Crippen LogP contribution in [-0.4, -0.2) is 63.9 Å². The number of nitrogens with one attached hydrogen (secondary N) is 1. The first-order valence-electron chi connectivity index (χ1n) is 5.83. The van der Waals surface area contributed by atoms with E-state index in [0.717, 1.165) is 0 Å². The zero-order chi connectivity index (χ0) is 13.9. The fourth-order valence-electron chi connectivity index (χ4n) is 1.17. The van der Waals surface area contributed by atoms with Gasteiger partial charge in [-0.1, -0.05) is 5.11 Å². The third kappa shape index (κ3) is 7.37. The van der Waals surface area contributed by atoms with Crippen LogP contribution in [0.1, 0.15) is 0 Å². The van der Waals surface area contributed by atoms with Gasteiger partial charge < -0.3 is 19.5 Å². The molecule has 1 atom stereocenters. The molecule has 9 heteroatoms. The minimum atomic E-state index is -0.662. The fourth-order valence-corrected chi connectivity index (χ4v) is 1.17. The number of hydrogen-bond donors (Lipinski definition) is 1. The van der Waals surface area contributed by atoms with Gasteiger partial charge in [0.05, 0.1) is 33.0 Å². The highest BCUT2D eigenvalue weighted by molar-refractivity contribution is 6.17. The normalized spacial score (nSPS) is 16.6. The van der Waals surface area contributed by atoms with Gasteiger partial charge in [-0.2, -0.15) is 0 Å². The van der Waals surface area contributed by atoms with Crippen molar-refractivity contribution in [2.75, 3.05) is 46.2 Å². The molecule has 0 radical (unpaired) electrons. The van der Waals surface area contributed by atoms with Gasteiger partial charge in [-0.05, 0) is 5.53 Å². The van der Waals surface area contributed by atoms with Crippen molar-refractivity contribution in [2.45, 2.75) is 6.04 Å². The summed E-state index contributed by atoms with van der Waals surface area (Å²) in [6, 6.07) is -0.662. The summed E-state index contributed by atoms with van der Waals surface area (Å²) in [4.78, 5) is 24.3. The molecule has 1 heterocycles. The standard InChI is InChI=1S/C10H16N4O5/c11-14-12-1-2-17-3-4-18-5-6-19-7-8(15)9-10(16)13-9/h9H,1-7H2,(H,13,16). The van der Waals surface area contributed by atoms with Crippen LogP contribution in [0.4, 0.5) is 0 Å². The minimum Gasteiger partial charge on any atom is -0.379 e. The van der Waals surface area contributed by atoms with Crippen LogP contribution in [0.5, 0.6) is 0 Å². The lowest BCUT2D eigenvalue weighted by atomic mass is 10.3. The summed E-state index contributed by atoms with van der Waals surface area (Å²) in [6.45, 7) is 2.01. The van der Waals surface area contributed by atoms with Crippen molar-refractivity contribution in [3.05, 3.63) is 10.4 Å². The topological polar surface area (TPSA) is 133 Å². The van der Waals surface area contributed by atoms with Crippen LogP contribution in [0.25, 0.3) is 10.4 Å². The molecule has 9 nitrogen and oxygen atoms in total. The molecule has 1 aliphatic heterocycles. The van der Waals surface area contributed by atoms with Gasteiger partial charge in [0.25, 0.3) is 5.91 Å². The van der Waals surface area contributed by atoms with Crippen LogP contribution >= 0.6 is 0 Å². The molecule has 1 saturated heterocycles. The van der Waals surface area contributed by atoms with E-state index in [1.807, 2.05) is 0 Å². The Morgan fingerprint density at radius 3 is 2.37 bits per heavy atom. The third-order valence-corrected chi connectivity index (χ3v) is 2.17. The van der Waals surface area contributed by atoms with E-state index in [0.29, 0.717) is 33.0 Å². The van der Waals surface area contributed by atoms with E-state index in [1.54, 1.807) is 0 Å². The Morgan fingerprint density at radius 1 is 1.21 bits per heavy atom. The molecule has 0 aromatic carbocycles. The second-order valence-corrected chi connectivity index (χ2v) is 3.64. The Hall–Kier alpha value is -1.67. The highest BCUT2D eigenvalue weighted by atomic mass is 16.5. The van der Waals surface area contributed by atoms with Gasteiger partial charge in [0, 0.05) is 11.5 Å². The molecule has 0 aromatic heterocycles. The number of ether oxygens (including phenoxy) is 3. The van der Waals surface area contributed by atoms with Gasteiger partial charge in [-0.3, -0.25) is 9.59 Å². The Balaban J connectivity index is 1.77. The van der Waals surface area contributed by atoms with Crippen LogP contribution in [0.2, 0.25) is 0 Å². The number of rotatable bonds is 12. The fraction of sp³-hybridized carbons (Fsp3) is 0.800. The Kier molecular flexibility index (Phi) is 7.52. The summed E-state index contributed by atoms with van der Waals surface area (Å²) in [5, 5.41) is 5.68. The van der Waals surface area contributed by atoms with Gasteiger partial charge in [0.1, 0.15) is 6.61 Å². The van der Waals surface area contributed by atoms with Gasteiger partial charge in [-0.15, -0.1) is 0 Å². The van der Waals surface area contributed by atoms with E-state index in [1.165, 1.54) is 0 Å². The maximum Gasteiger partial charge on any atom is 0.251 e. The minimum absolute atomic E-state index is 0.0879. The SMILES string of the molecule is [N-]=[N+]=NCCOCCOCCOCC(=O)C1NC1=O. The number of carbonyl (C=O) groups excluding carboxylic acids is 2. The molecule has 0 saturated carbocycles. The number of ketones is 1. The Bertz CT molecular complexity index is 356. The van der Waals surface area contributed by atoms with Crippen molar-refractivity contribution in [1.29, 1.82) is 0 Å². The van der Waals surface area contributed by atoms with Gasteiger partial charge >= 0.3 is 0 Å². The van der Waals surface area contributed by atoms with E-state index < -0.39 is 6.04 Å². The van der Waals surface area contributed by atoms with Gasteiger partial charge in [-0.25, -0.2) is 0 Å². The molecular weight excluding hydrogens is 256 g/mol. The van der Waals surface area contributed by atoms with Crippen molar-refractivity contribution in [3.63, 3.8) is 0 Å². The van der Waals surface area contributed by atoms with Gasteiger partial charge in [0.2, 0.25) is 0 Å². The molecule has 0 bridgehead atoms. The predicted molar refractivity (Wildman–Crippen MR) is 63.4 cm³/mol. The van der Waals surface area contributed by atoms with Crippen molar-refractivity contribution < 1.29 is 23.8 Å². The molecule has 106 valence electrons. The lowest BCUT2D eigenvalue weighted by Crippen LogP contribution is -2.19. The van der Waals surface area contributed by atoms with E-state index in [2.05, 4.69) is 15.3 Å². The van der Waals surface area contributed by atoms with Crippen LogP contribution in [0, 0.1) is 0 Å². The van der Waals surface area contributed by atoms with Crippen LogP contribution in [-0.2, 0) is 23.8 Å². The summed E-state index contributed by atoms with van der Waals surface area (Å²) in [5.41, 5.74) is 8.00. The summed E-state index contributed by atoms with van der Waals surface area (Å²) in [7, 11) is 0. The predicted octanol–water partition coefficient (Wildman–Crippen LogP) is -0.586. The molecule has 1 amide bonds. The molecule has 1 N–H and O–H groups in total. The van der Waals surface area contributed by atoms with Crippen LogP contribution < -0.4 is 5.32 Å². The molecule has 0 spiro atoms. The maximum absolute atomic E-state index is 11.2. The monoisotopic (exact) mass is 272 g/mol. The molecule has 19 heavy (non-hydrogen) atoms. The number of nitrogens with zero attached hydrogens (tertiary/aromatic N) is 3. The first kappa shape index (κ1) is 15.4. The number of azide groups is 1. The van der Waals surface area contributed by atoms with Gasteiger partial charge in [0.15, 0.2) is 11.8 Å². The molecule has 1 aliphatic rings. The first-order chi connectivity index (χ1) is 9.25. The second-order valence-electron chi connectivity index (χ2n) is 3.64. The number of amides is 1. The average Bonchev–Trinajstić information content (AvgIpc) is 3.13. The van der Waals surface area contributed by atoms with Crippen LogP contribution in [0.15, 0.2) is 5.11 Å². The zero-order valence-electron chi connectivity index (χ0n) is 10.4. The molecular formula is C10H16N4O5. The molecule has 1 fully saturated rings. The zero-order valence-corrected chi connectivity index (χ0v) is 10.4. The van der Waals surface area contributed by atoms with E-state index in [9.17, 15) is 9.59 Å². The average molecular weight is 272 g/mol. The van der Waals surface area contributed by atoms with E-state index >= 15 is 0 Å². The highest BCUT2D eigenvalue weighted by Gasteiger charge is 2.40. The Labute approximate surface area is 109 Å². The van der Waals surface area contributed by atoms with Crippen LogP contribution in [0.3, 0.4) is 0 Å². The van der Waals surface area contributed by atoms with E-state index in [4.69, 9.17) is 19.7 Å². The summed E-state index contributed by atoms with van der Waals surface area (Å²) < 4.78 is 15.3. The lowest BCUT2D eigenvalue weighted by Gasteiger charge is -2.05. The maximum atomic E-state index is 11.2. The largest absolute Gasteiger partial charge is 0.379 e. The summed E-state index contributed by atoms with van der Waals surface area (Å²) in [5.74, 6) is -0.505. The molecule has 1 rings (SSSR count). The van der Waals surface area contributed by atoms with Crippen molar-refractivity contribution in [3.8, 4) is 0 Å². The Morgan fingerprint density at radius 2 is 1.79 bits per heavy atom. The smallest absolute Gasteiger partial charge is 0.251 e. The molecule has 0 aromatic rings.